The fraction of sp³-hybridized carbons (Fsp3) is 0.412. The van der Waals surface area contributed by atoms with Gasteiger partial charge in [0.25, 0.3) is 0 Å². The summed E-state index contributed by atoms with van der Waals surface area (Å²) in [5, 5.41) is 9.65. The second-order valence-electron chi connectivity index (χ2n) is 6.06. The van der Waals surface area contributed by atoms with Gasteiger partial charge in [-0.1, -0.05) is 12.1 Å². The lowest BCUT2D eigenvalue weighted by molar-refractivity contribution is -0.274. The lowest BCUT2D eigenvalue weighted by Crippen LogP contribution is -2.32. The number of carboxylic acids is 1. The SMILES string of the molecule is CC1=NC(C)=C(C(=O)O)C(c2cccc(OC(F)(F)F)c2)C1P(C)C. The van der Waals surface area contributed by atoms with Gasteiger partial charge in [0, 0.05) is 23.0 Å². The quantitative estimate of drug-likeness (QED) is 0.784. The van der Waals surface area contributed by atoms with Gasteiger partial charge in [-0.05, 0) is 44.9 Å². The number of hydrogen-bond donors (Lipinski definition) is 1. The fourth-order valence-corrected chi connectivity index (χ4v) is 4.95. The van der Waals surface area contributed by atoms with Crippen LogP contribution in [-0.2, 0) is 4.79 Å². The third-order valence-corrected chi connectivity index (χ3v) is 5.81. The number of aliphatic imine (C=N–C) groups is 1. The Balaban J connectivity index is 2.58. The molecular formula is C17H19F3NO3P. The smallest absolute Gasteiger partial charge is 0.478 e. The van der Waals surface area contributed by atoms with Crippen LogP contribution in [-0.4, -0.2) is 42.1 Å². The molecule has 4 nitrogen and oxygen atoms in total. The molecule has 0 aliphatic carbocycles. The van der Waals surface area contributed by atoms with Crippen LogP contribution in [0.1, 0.15) is 25.3 Å². The minimum Gasteiger partial charge on any atom is -0.478 e. The van der Waals surface area contributed by atoms with Gasteiger partial charge in [0.2, 0.25) is 0 Å². The van der Waals surface area contributed by atoms with Crippen LogP contribution in [0.4, 0.5) is 13.2 Å². The van der Waals surface area contributed by atoms with Gasteiger partial charge in [0.15, 0.2) is 0 Å². The Labute approximate surface area is 145 Å². The minimum atomic E-state index is -4.80. The van der Waals surface area contributed by atoms with Gasteiger partial charge in [-0.2, -0.15) is 0 Å². The molecule has 0 amide bonds. The molecule has 8 heteroatoms. The van der Waals surface area contributed by atoms with Crippen molar-refractivity contribution in [1.82, 2.24) is 0 Å². The Kier molecular flexibility index (Phi) is 5.57. The Morgan fingerprint density at radius 2 is 1.92 bits per heavy atom. The van der Waals surface area contributed by atoms with Crippen LogP contribution in [0.15, 0.2) is 40.5 Å². The number of aliphatic carboxylic acids is 1. The number of halogens is 3. The first-order chi connectivity index (χ1) is 11.5. The Morgan fingerprint density at radius 3 is 2.44 bits per heavy atom. The summed E-state index contributed by atoms with van der Waals surface area (Å²) in [5.74, 6) is -2.03. The topological polar surface area (TPSA) is 58.9 Å². The average Bonchev–Trinajstić information content (AvgIpc) is 2.43. The van der Waals surface area contributed by atoms with Crippen molar-refractivity contribution >= 4 is 19.6 Å². The zero-order valence-corrected chi connectivity index (χ0v) is 15.2. The molecule has 0 bridgehead atoms. The zero-order valence-electron chi connectivity index (χ0n) is 14.3. The van der Waals surface area contributed by atoms with E-state index in [2.05, 4.69) is 9.73 Å². The molecule has 0 saturated carbocycles. The highest BCUT2D eigenvalue weighted by Crippen LogP contribution is 2.49. The van der Waals surface area contributed by atoms with E-state index in [4.69, 9.17) is 0 Å². The third-order valence-electron chi connectivity index (χ3n) is 4.03. The van der Waals surface area contributed by atoms with Crippen molar-refractivity contribution in [2.45, 2.75) is 31.8 Å². The van der Waals surface area contributed by atoms with Gasteiger partial charge in [0.05, 0.1) is 5.57 Å². The van der Waals surface area contributed by atoms with Gasteiger partial charge in [0.1, 0.15) is 5.75 Å². The number of nitrogens with zero attached hydrogens (tertiary/aromatic N) is 1. The second-order valence-corrected chi connectivity index (χ2v) is 8.55. The molecule has 0 radical (unpaired) electrons. The normalized spacial score (nSPS) is 21.4. The van der Waals surface area contributed by atoms with E-state index in [-0.39, 0.29) is 17.0 Å². The van der Waals surface area contributed by atoms with Crippen LogP contribution >= 0.6 is 7.92 Å². The maximum atomic E-state index is 12.5. The van der Waals surface area contributed by atoms with Crippen molar-refractivity contribution in [3.05, 3.63) is 41.1 Å². The zero-order chi connectivity index (χ0) is 18.9. The number of rotatable bonds is 4. The number of alkyl halides is 3. The van der Waals surface area contributed by atoms with Crippen LogP contribution < -0.4 is 4.74 Å². The molecule has 1 heterocycles. The maximum Gasteiger partial charge on any atom is 0.573 e. The molecule has 0 spiro atoms. The molecule has 2 rings (SSSR count). The molecule has 25 heavy (non-hydrogen) atoms. The van der Waals surface area contributed by atoms with Crippen molar-refractivity contribution < 1.29 is 27.8 Å². The summed E-state index contributed by atoms with van der Waals surface area (Å²) in [6, 6.07) is 5.54. The molecule has 2 atom stereocenters. The van der Waals surface area contributed by atoms with E-state index in [0.29, 0.717) is 11.3 Å². The Morgan fingerprint density at radius 1 is 1.28 bits per heavy atom. The van der Waals surface area contributed by atoms with E-state index in [1.807, 2.05) is 20.3 Å². The lowest BCUT2D eigenvalue weighted by atomic mass is 9.83. The number of ether oxygens (including phenoxy) is 1. The molecule has 1 aromatic carbocycles. The summed E-state index contributed by atoms with van der Waals surface area (Å²) >= 11 is 0. The molecule has 2 unspecified atom stereocenters. The highest BCUT2D eigenvalue weighted by atomic mass is 31.1. The highest BCUT2D eigenvalue weighted by Gasteiger charge is 2.39. The van der Waals surface area contributed by atoms with Crippen molar-refractivity contribution in [2.24, 2.45) is 4.99 Å². The molecule has 1 aliphatic heterocycles. The predicted molar refractivity (Wildman–Crippen MR) is 91.9 cm³/mol. The van der Waals surface area contributed by atoms with Gasteiger partial charge >= 0.3 is 12.3 Å². The molecule has 0 saturated heterocycles. The van der Waals surface area contributed by atoms with E-state index in [1.54, 1.807) is 13.0 Å². The largest absolute Gasteiger partial charge is 0.573 e. The summed E-state index contributed by atoms with van der Waals surface area (Å²) in [7, 11) is -0.619. The van der Waals surface area contributed by atoms with E-state index in [9.17, 15) is 23.1 Å². The van der Waals surface area contributed by atoms with Crippen molar-refractivity contribution in [3.63, 3.8) is 0 Å². The summed E-state index contributed by atoms with van der Waals surface area (Å²) in [5.41, 5.74) is 1.62. The number of hydrogen-bond acceptors (Lipinski definition) is 3. The first kappa shape index (κ1) is 19.4. The molecule has 0 aromatic heterocycles. The van der Waals surface area contributed by atoms with Gasteiger partial charge < -0.3 is 9.84 Å². The predicted octanol–water partition coefficient (Wildman–Crippen LogP) is 4.61. The van der Waals surface area contributed by atoms with Crippen LogP contribution in [0, 0.1) is 0 Å². The summed E-state index contributed by atoms with van der Waals surface area (Å²) in [4.78, 5) is 16.2. The number of carboxylic acid groups (broad SMARTS) is 1. The van der Waals surface area contributed by atoms with Crippen molar-refractivity contribution in [3.8, 4) is 5.75 Å². The number of carbonyl (C=O) groups is 1. The van der Waals surface area contributed by atoms with Gasteiger partial charge in [-0.3, -0.25) is 4.99 Å². The number of allylic oxidation sites excluding steroid dienone is 1. The Bertz CT molecular complexity index is 741. The second kappa shape index (κ2) is 7.16. The molecule has 1 N–H and O–H groups in total. The summed E-state index contributed by atoms with van der Waals surface area (Å²) in [6.07, 6.45) is -4.80. The Hall–Kier alpha value is -1.88. The molecule has 1 aromatic rings. The summed E-state index contributed by atoms with van der Waals surface area (Å²) < 4.78 is 41.5. The summed E-state index contributed by atoms with van der Waals surface area (Å²) in [6.45, 7) is 7.45. The average molecular weight is 373 g/mol. The van der Waals surface area contributed by atoms with E-state index < -0.39 is 26.2 Å². The molecular weight excluding hydrogens is 354 g/mol. The molecule has 1 aliphatic rings. The molecule has 136 valence electrons. The first-order valence-corrected chi connectivity index (χ1v) is 9.83. The standard InChI is InChI=1S/C17H19F3NO3P/c1-9-13(16(22)23)14(15(25(3)4)10(2)21-9)11-6-5-7-12(8-11)24-17(18,19)20/h5-8,14-15H,1-4H3,(H,22,23). The van der Waals surface area contributed by atoms with Crippen molar-refractivity contribution in [2.75, 3.05) is 13.3 Å². The minimum absolute atomic E-state index is 0.121. The first-order valence-electron chi connectivity index (χ1n) is 7.52. The van der Waals surface area contributed by atoms with Crippen LogP contribution in [0.2, 0.25) is 0 Å². The third kappa shape index (κ3) is 4.40. The van der Waals surface area contributed by atoms with E-state index in [1.165, 1.54) is 18.2 Å². The van der Waals surface area contributed by atoms with Gasteiger partial charge in [-0.15, -0.1) is 21.1 Å². The monoisotopic (exact) mass is 373 g/mol. The van der Waals surface area contributed by atoms with Crippen LogP contribution in [0.3, 0.4) is 0 Å². The number of benzene rings is 1. The van der Waals surface area contributed by atoms with E-state index in [0.717, 1.165) is 5.71 Å². The highest BCUT2D eigenvalue weighted by molar-refractivity contribution is 7.58. The fourth-order valence-electron chi connectivity index (χ4n) is 3.23. The van der Waals surface area contributed by atoms with Crippen LogP contribution in [0.5, 0.6) is 5.75 Å². The van der Waals surface area contributed by atoms with Gasteiger partial charge in [-0.25, -0.2) is 4.79 Å². The van der Waals surface area contributed by atoms with Crippen molar-refractivity contribution in [1.29, 1.82) is 0 Å². The van der Waals surface area contributed by atoms with Crippen LogP contribution in [0.25, 0.3) is 0 Å². The maximum absolute atomic E-state index is 12.5. The van der Waals surface area contributed by atoms with E-state index >= 15 is 0 Å². The lowest BCUT2D eigenvalue weighted by Gasteiger charge is -2.35. The molecule has 0 fully saturated rings.